The minimum Gasteiger partial charge on any atom is -0.356 e. The number of piperazine rings is 1. The number of H-pyrrole nitrogens is 1. The number of hydrogen-bond donors (Lipinski definition) is 1. The number of alkyl halides is 3. The average molecular weight is 393 g/mol. The van der Waals surface area contributed by atoms with Crippen molar-refractivity contribution in [3.8, 4) is 0 Å². The average Bonchev–Trinajstić information content (AvgIpc) is 3.17. The van der Waals surface area contributed by atoms with E-state index in [2.05, 4.69) is 4.98 Å². The summed E-state index contributed by atoms with van der Waals surface area (Å²) in [5, 5.41) is 0. The number of rotatable bonds is 3. The molecule has 6 nitrogen and oxygen atoms in total. The molecule has 1 fully saturated rings. The Bertz CT molecular complexity index is 912. The number of carbonyl (C=O) groups excluding carboxylic acids is 3. The van der Waals surface area contributed by atoms with Gasteiger partial charge < -0.3 is 14.8 Å². The molecule has 0 radical (unpaired) electrons. The molecule has 9 heteroatoms. The molecule has 3 rings (SSSR count). The van der Waals surface area contributed by atoms with Crippen molar-refractivity contribution in [2.45, 2.75) is 13.1 Å². The minimum atomic E-state index is -4.62. The second kappa shape index (κ2) is 7.49. The number of nitrogens with one attached hydrogen (secondary N) is 1. The Morgan fingerprint density at radius 1 is 0.964 bits per heavy atom. The van der Waals surface area contributed by atoms with E-state index in [1.807, 2.05) is 0 Å². The summed E-state index contributed by atoms with van der Waals surface area (Å²) in [6.45, 7) is 2.01. The van der Waals surface area contributed by atoms with Crippen molar-refractivity contribution >= 4 is 17.6 Å². The summed E-state index contributed by atoms with van der Waals surface area (Å²) in [5.41, 5.74) is -0.722. The third-order valence-corrected chi connectivity index (χ3v) is 4.64. The van der Waals surface area contributed by atoms with Crippen LogP contribution in [-0.4, -0.2) is 58.6 Å². The highest BCUT2D eigenvalue weighted by atomic mass is 19.4. The van der Waals surface area contributed by atoms with E-state index < -0.39 is 23.2 Å². The largest absolute Gasteiger partial charge is 0.417 e. The van der Waals surface area contributed by atoms with Gasteiger partial charge in [0.25, 0.3) is 11.8 Å². The Morgan fingerprint density at radius 2 is 1.54 bits per heavy atom. The predicted molar refractivity (Wildman–Crippen MR) is 94.0 cm³/mol. The van der Waals surface area contributed by atoms with Crippen LogP contribution in [0.1, 0.15) is 43.7 Å². The van der Waals surface area contributed by atoms with Crippen LogP contribution in [0.3, 0.4) is 0 Å². The van der Waals surface area contributed by atoms with Crippen molar-refractivity contribution in [3.63, 3.8) is 0 Å². The quantitative estimate of drug-likeness (QED) is 0.815. The second-order valence-electron chi connectivity index (χ2n) is 6.49. The molecule has 1 N–H and O–H groups in total. The van der Waals surface area contributed by atoms with Crippen LogP contribution in [0.15, 0.2) is 36.5 Å². The molecule has 1 aromatic carbocycles. The van der Waals surface area contributed by atoms with Crippen molar-refractivity contribution in [1.82, 2.24) is 14.8 Å². The number of benzene rings is 1. The molecule has 0 atom stereocenters. The van der Waals surface area contributed by atoms with E-state index in [1.165, 1.54) is 41.1 Å². The monoisotopic (exact) mass is 393 g/mol. The number of aromatic amines is 1. The molecule has 1 aliphatic rings. The van der Waals surface area contributed by atoms with E-state index in [1.54, 1.807) is 0 Å². The summed E-state index contributed by atoms with van der Waals surface area (Å²) in [7, 11) is 0. The molecule has 148 valence electrons. The Balaban J connectivity index is 1.68. The van der Waals surface area contributed by atoms with Gasteiger partial charge in [-0.1, -0.05) is 12.1 Å². The maximum atomic E-state index is 13.1. The van der Waals surface area contributed by atoms with E-state index in [4.69, 9.17) is 0 Å². The predicted octanol–water partition coefficient (Wildman–Crippen LogP) is 2.83. The maximum Gasteiger partial charge on any atom is 0.417 e. The van der Waals surface area contributed by atoms with Gasteiger partial charge in [0, 0.05) is 37.9 Å². The van der Waals surface area contributed by atoms with Crippen molar-refractivity contribution in [2.75, 3.05) is 26.2 Å². The molecule has 2 aromatic rings. The Kier molecular flexibility index (Phi) is 5.26. The minimum absolute atomic E-state index is 0.122. The molecule has 1 saturated heterocycles. The summed E-state index contributed by atoms with van der Waals surface area (Å²) < 4.78 is 39.4. The number of ketones is 1. The van der Waals surface area contributed by atoms with Gasteiger partial charge in [-0.3, -0.25) is 14.4 Å². The smallest absolute Gasteiger partial charge is 0.356 e. The van der Waals surface area contributed by atoms with E-state index in [0.717, 1.165) is 12.1 Å². The topological polar surface area (TPSA) is 73.5 Å². The molecule has 0 aliphatic carbocycles. The molecule has 1 aromatic heterocycles. The molecular weight excluding hydrogens is 375 g/mol. The van der Waals surface area contributed by atoms with Crippen LogP contribution in [0.2, 0.25) is 0 Å². The van der Waals surface area contributed by atoms with Gasteiger partial charge in [0.15, 0.2) is 5.78 Å². The van der Waals surface area contributed by atoms with Gasteiger partial charge in [-0.2, -0.15) is 13.2 Å². The first kappa shape index (κ1) is 19.7. The summed E-state index contributed by atoms with van der Waals surface area (Å²) in [6.07, 6.45) is -3.17. The fourth-order valence-corrected chi connectivity index (χ4v) is 3.09. The highest BCUT2D eigenvalue weighted by Gasteiger charge is 2.36. The lowest BCUT2D eigenvalue weighted by molar-refractivity contribution is -0.138. The molecule has 0 bridgehead atoms. The van der Waals surface area contributed by atoms with Gasteiger partial charge in [-0.05, 0) is 25.1 Å². The van der Waals surface area contributed by atoms with Crippen LogP contribution < -0.4 is 0 Å². The summed E-state index contributed by atoms with van der Waals surface area (Å²) in [6, 6.07) is 6.12. The number of hydrogen-bond acceptors (Lipinski definition) is 3. The standard InChI is InChI=1S/C19H18F3N3O3/c1-12(26)13-10-16(23-11-13)18(28)25-8-6-24(7-9-25)17(27)14-4-2-3-5-15(14)19(20,21)22/h2-5,10-11,23H,6-9H2,1H3. The van der Waals surface area contributed by atoms with Gasteiger partial charge in [-0.25, -0.2) is 0 Å². The number of amides is 2. The van der Waals surface area contributed by atoms with Crippen LogP contribution in [0.25, 0.3) is 0 Å². The van der Waals surface area contributed by atoms with Crippen LogP contribution >= 0.6 is 0 Å². The first-order valence-electron chi connectivity index (χ1n) is 8.62. The zero-order chi connectivity index (χ0) is 20.5. The first-order chi connectivity index (χ1) is 13.2. The zero-order valence-corrected chi connectivity index (χ0v) is 15.0. The molecule has 0 spiro atoms. The lowest BCUT2D eigenvalue weighted by atomic mass is 10.1. The van der Waals surface area contributed by atoms with Gasteiger partial charge in [-0.15, -0.1) is 0 Å². The molecule has 1 aliphatic heterocycles. The molecule has 0 unspecified atom stereocenters. The van der Waals surface area contributed by atoms with Gasteiger partial charge in [0.2, 0.25) is 0 Å². The lowest BCUT2D eigenvalue weighted by Crippen LogP contribution is -2.50. The van der Waals surface area contributed by atoms with Crippen molar-refractivity contribution < 1.29 is 27.6 Å². The van der Waals surface area contributed by atoms with Crippen LogP contribution in [0, 0.1) is 0 Å². The molecule has 0 saturated carbocycles. The number of carbonyl (C=O) groups is 3. The van der Waals surface area contributed by atoms with Crippen LogP contribution in [-0.2, 0) is 6.18 Å². The van der Waals surface area contributed by atoms with E-state index in [9.17, 15) is 27.6 Å². The third-order valence-electron chi connectivity index (χ3n) is 4.64. The summed E-state index contributed by atoms with van der Waals surface area (Å²) >= 11 is 0. The van der Waals surface area contributed by atoms with E-state index >= 15 is 0 Å². The normalized spacial score (nSPS) is 14.9. The lowest BCUT2D eigenvalue weighted by Gasteiger charge is -2.35. The molecule has 2 amide bonds. The highest BCUT2D eigenvalue weighted by molar-refractivity contribution is 5.99. The Hall–Kier alpha value is -3.10. The van der Waals surface area contributed by atoms with E-state index in [-0.39, 0.29) is 43.6 Å². The summed E-state index contributed by atoms with van der Waals surface area (Å²) in [4.78, 5) is 42.0. The van der Waals surface area contributed by atoms with Gasteiger partial charge >= 0.3 is 6.18 Å². The summed E-state index contributed by atoms with van der Waals surface area (Å²) in [5.74, 6) is -1.21. The highest BCUT2D eigenvalue weighted by Crippen LogP contribution is 2.32. The Morgan fingerprint density at radius 3 is 2.07 bits per heavy atom. The maximum absolute atomic E-state index is 13.1. The van der Waals surface area contributed by atoms with Crippen molar-refractivity contribution in [1.29, 1.82) is 0 Å². The molecule has 28 heavy (non-hydrogen) atoms. The molecular formula is C19H18F3N3O3. The van der Waals surface area contributed by atoms with Crippen LogP contribution in [0.5, 0.6) is 0 Å². The van der Waals surface area contributed by atoms with Crippen molar-refractivity contribution in [2.24, 2.45) is 0 Å². The Labute approximate surface area is 158 Å². The zero-order valence-electron chi connectivity index (χ0n) is 15.0. The SMILES string of the molecule is CC(=O)c1c[nH]c(C(=O)N2CCN(C(=O)c3ccccc3C(F)(F)F)CC2)c1. The molecule has 2 heterocycles. The first-order valence-corrected chi connectivity index (χ1v) is 8.62. The second-order valence-corrected chi connectivity index (χ2v) is 6.49. The van der Waals surface area contributed by atoms with Gasteiger partial charge in [0.1, 0.15) is 5.69 Å². The van der Waals surface area contributed by atoms with E-state index in [0.29, 0.717) is 5.56 Å². The van der Waals surface area contributed by atoms with Crippen molar-refractivity contribution in [3.05, 3.63) is 58.9 Å². The fraction of sp³-hybridized carbons (Fsp3) is 0.316. The number of Topliss-reactive ketones (excluding diaryl/α,β-unsaturated/α-hetero) is 1. The number of halogens is 3. The number of aromatic nitrogens is 1. The fourth-order valence-electron chi connectivity index (χ4n) is 3.09. The van der Waals surface area contributed by atoms with Gasteiger partial charge in [0.05, 0.1) is 11.1 Å². The van der Waals surface area contributed by atoms with Crippen LogP contribution in [0.4, 0.5) is 13.2 Å². The number of nitrogens with zero attached hydrogens (tertiary/aromatic N) is 2. The third kappa shape index (κ3) is 3.92.